The molecule has 1 heterocycles. The quantitative estimate of drug-likeness (QED) is 0.289. The fourth-order valence-corrected chi connectivity index (χ4v) is 0.376. The average molecular weight is 114 g/mol. The van der Waals surface area contributed by atoms with Crippen LogP contribution in [-0.2, 0) is 19.1 Å². The number of ether oxygens (including phenoxy) is 1. The van der Waals surface area contributed by atoms with Gasteiger partial charge in [0.25, 0.3) is 0 Å². The van der Waals surface area contributed by atoms with Gasteiger partial charge in [0.15, 0.2) is 6.61 Å². The number of carbonyl (C=O) groups excluding carboxylic acids is 3. The predicted octanol–water partition coefficient (Wildman–Crippen LogP) is -1.32. The molecule has 0 saturated carbocycles. The van der Waals surface area contributed by atoms with Gasteiger partial charge in [0.2, 0.25) is 5.78 Å². The van der Waals surface area contributed by atoms with E-state index in [2.05, 4.69) is 4.74 Å². The highest BCUT2D eigenvalue weighted by atomic mass is 16.5. The molecule has 0 aromatic rings. The molecule has 1 saturated heterocycles. The summed E-state index contributed by atoms with van der Waals surface area (Å²) >= 11 is 0. The lowest BCUT2D eigenvalue weighted by Gasteiger charge is -1.77. The number of hydrogen-bond acceptors (Lipinski definition) is 4. The Bertz CT molecular complexity index is 151. The Kier molecular flexibility index (Phi) is 0.865. The highest BCUT2D eigenvalue weighted by molar-refractivity contribution is 6.64. The predicted molar refractivity (Wildman–Crippen MR) is 21.0 cm³/mol. The number of hydrogen-bond donors (Lipinski definition) is 0. The summed E-state index contributed by atoms with van der Waals surface area (Å²) in [7, 11) is 0. The summed E-state index contributed by atoms with van der Waals surface area (Å²) in [5, 5.41) is 0. The normalized spacial score (nSPS) is 19.2. The maximum atomic E-state index is 10.1. The van der Waals surface area contributed by atoms with Crippen molar-refractivity contribution in [3.05, 3.63) is 0 Å². The van der Waals surface area contributed by atoms with Crippen LogP contribution in [0.4, 0.5) is 0 Å². The topological polar surface area (TPSA) is 60.4 Å². The van der Waals surface area contributed by atoms with Crippen LogP contribution in [0.1, 0.15) is 0 Å². The number of Topliss-reactive ketones (excluding diaryl/α,β-unsaturated/α-hetero) is 2. The summed E-state index contributed by atoms with van der Waals surface area (Å²) in [6.07, 6.45) is 0. The molecule has 1 aliphatic rings. The van der Waals surface area contributed by atoms with Crippen molar-refractivity contribution in [3.63, 3.8) is 0 Å². The molecule has 0 N–H and O–H groups in total. The van der Waals surface area contributed by atoms with Crippen molar-refractivity contribution in [1.29, 1.82) is 0 Å². The average Bonchev–Trinajstić information content (AvgIpc) is 1.98. The minimum absolute atomic E-state index is 0.377. The van der Waals surface area contributed by atoms with Crippen molar-refractivity contribution >= 4 is 17.5 Å². The lowest BCUT2D eigenvalue weighted by Crippen LogP contribution is -2.12. The summed E-state index contributed by atoms with van der Waals surface area (Å²) in [4.78, 5) is 30.2. The number of cyclic esters (lactones) is 1. The van der Waals surface area contributed by atoms with E-state index in [1.807, 2.05) is 0 Å². The zero-order valence-corrected chi connectivity index (χ0v) is 3.84. The molecular formula is C4H2O4. The smallest absolute Gasteiger partial charge is 0.383 e. The summed E-state index contributed by atoms with van der Waals surface area (Å²) in [6, 6.07) is 0. The SMILES string of the molecule is O=C1COC(=O)C1=O. The van der Waals surface area contributed by atoms with Crippen molar-refractivity contribution < 1.29 is 19.1 Å². The van der Waals surface area contributed by atoms with Gasteiger partial charge in [-0.25, -0.2) is 4.79 Å². The largest absolute Gasteiger partial charge is 0.451 e. The standard InChI is InChI=1S/C4H2O4/c5-2-1-8-4(7)3(2)6/h1H2. The van der Waals surface area contributed by atoms with E-state index < -0.39 is 17.5 Å². The maximum absolute atomic E-state index is 10.1. The third kappa shape index (κ3) is 0.501. The van der Waals surface area contributed by atoms with Crippen molar-refractivity contribution in [2.24, 2.45) is 0 Å². The molecule has 0 aromatic carbocycles. The Balaban J connectivity index is 2.86. The maximum Gasteiger partial charge on any atom is 0.383 e. The van der Waals surface area contributed by atoms with Gasteiger partial charge in [-0.05, 0) is 0 Å². The summed E-state index contributed by atoms with van der Waals surface area (Å²) < 4.78 is 4.04. The van der Waals surface area contributed by atoms with Gasteiger partial charge >= 0.3 is 11.8 Å². The second kappa shape index (κ2) is 1.40. The molecule has 4 heteroatoms. The van der Waals surface area contributed by atoms with Gasteiger partial charge in [-0.2, -0.15) is 0 Å². The second-order valence-electron chi connectivity index (χ2n) is 1.33. The van der Waals surface area contributed by atoms with Gasteiger partial charge in [0, 0.05) is 0 Å². The fraction of sp³-hybridized carbons (Fsp3) is 0.250. The number of carbonyl (C=O) groups is 3. The van der Waals surface area contributed by atoms with E-state index in [4.69, 9.17) is 0 Å². The van der Waals surface area contributed by atoms with Gasteiger partial charge in [-0.3, -0.25) is 9.59 Å². The van der Waals surface area contributed by atoms with Crippen molar-refractivity contribution in [3.8, 4) is 0 Å². The van der Waals surface area contributed by atoms with Crippen LogP contribution in [0.15, 0.2) is 0 Å². The highest BCUT2D eigenvalue weighted by Crippen LogP contribution is 1.93. The summed E-state index contributed by atoms with van der Waals surface area (Å²) in [5.41, 5.74) is 0. The Labute approximate surface area is 44.4 Å². The molecule has 0 spiro atoms. The van der Waals surface area contributed by atoms with E-state index in [-0.39, 0.29) is 6.61 Å². The van der Waals surface area contributed by atoms with Crippen LogP contribution < -0.4 is 0 Å². The second-order valence-corrected chi connectivity index (χ2v) is 1.33. The van der Waals surface area contributed by atoms with Crippen molar-refractivity contribution in [2.45, 2.75) is 0 Å². The first kappa shape index (κ1) is 4.96. The first-order chi connectivity index (χ1) is 3.72. The minimum Gasteiger partial charge on any atom is -0.451 e. The molecular weight excluding hydrogens is 112 g/mol. The Morgan fingerprint density at radius 1 is 1.25 bits per heavy atom. The molecule has 8 heavy (non-hydrogen) atoms. The Morgan fingerprint density at radius 2 is 1.88 bits per heavy atom. The molecule has 1 fully saturated rings. The number of ketones is 2. The number of esters is 1. The fourth-order valence-electron chi connectivity index (χ4n) is 0.376. The van der Waals surface area contributed by atoms with Gasteiger partial charge in [-0.1, -0.05) is 0 Å². The van der Waals surface area contributed by atoms with Gasteiger partial charge in [-0.15, -0.1) is 0 Å². The third-order valence-corrected chi connectivity index (χ3v) is 0.773. The first-order valence-electron chi connectivity index (χ1n) is 1.96. The molecule has 0 radical (unpaired) electrons. The molecule has 0 atom stereocenters. The van der Waals surface area contributed by atoms with Crippen molar-refractivity contribution in [2.75, 3.05) is 6.61 Å². The van der Waals surface area contributed by atoms with Crippen LogP contribution in [0.25, 0.3) is 0 Å². The summed E-state index contributed by atoms with van der Waals surface area (Å²) in [5.74, 6) is -2.82. The van der Waals surface area contributed by atoms with E-state index in [1.165, 1.54) is 0 Å². The molecule has 0 aromatic heterocycles. The Hall–Kier alpha value is -1.19. The molecule has 1 aliphatic heterocycles. The van der Waals surface area contributed by atoms with E-state index >= 15 is 0 Å². The molecule has 1 rings (SSSR count). The van der Waals surface area contributed by atoms with Gasteiger partial charge in [0.05, 0.1) is 0 Å². The molecule has 42 valence electrons. The molecule has 0 bridgehead atoms. The first-order valence-corrected chi connectivity index (χ1v) is 1.96. The lowest BCUT2D eigenvalue weighted by molar-refractivity contribution is -0.147. The highest BCUT2D eigenvalue weighted by Gasteiger charge is 2.32. The van der Waals surface area contributed by atoms with Crippen LogP contribution in [-0.4, -0.2) is 24.1 Å². The van der Waals surface area contributed by atoms with E-state index in [1.54, 1.807) is 0 Å². The monoisotopic (exact) mass is 114 g/mol. The van der Waals surface area contributed by atoms with Crippen LogP contribution >= 0.6 is 0 Å². The molecule has 0 unspecified atom stereocenters. The third-order valence-electron chi connectivity index (χ3n) is 0.773. The summed E-state index contributed by atoms with van der Waals surface area (Å²) in [6.45, 7) is -0.377. The molecule has 0 aliphatic carbocycles. The van der Waals surface area contributed by atoms with Crippen LogP contribution in [0.2, 0.25) is 0 Å². The van der Waals surface area contributed by atoms with Gasteiger partial charge in [0.1, 0.15) is 0 Å². The zero-order chi connectivity index (χ0) is 6.15. The van der Waals surface area contributed by atoms with E-state index in [0.29, 0.717) is 0 Å². The Morgan fingerprint density at radius 3 is 2.00 bits per heavy atom. The van der Waals surface area contributed by atoms with E-state index in [9.17, 15) is 14.4 Å². The number of rotatable bonds is 0. The van der Waals surface area contributed by atoms with Crippen LogP contribution in [0, 0.1) is 0 Å². The minimum atomic E-state index is -1.04. The van der Waals surface area contributed by atoms with Gasteiger partial charge < -0.3 is 4.74 Å². The van der Waals surface area contributed by atoms with Crippen LogP contribution in [0.5, 0.6) is 0 Å². The molecule has 4 nitrogen and oxygen atoms in total. The van der Waals surface area contributed by atoms with Crippen LogP contribution in [0.3, 0.4) is 0 Å². The lowest BCUT2D eigenvalue weighted by atomic mass is 10.3. The van der Waals surface area contributed by atoms with E-state index in [0.717, 1.165) is 0 Å². The van der Waals surface area contributed by atoms with Crippen molar-refractivity contribution in [1.82, 2.24) is 0 Å². The zero-order valence-electron chi connectivity index (χ0n) is 3.84. The molecule has 0 amide bonds.